The highest BCUT2D eigenvalue weighted by atomic mass is 35.5. The standard InChI is InChI=1S/C15H18Cl2N2S/c1-10(11-5-3-4-6-12(11)16)19(2)13(9-18)14-7-8-15(17)20-14/h3-8,10,13H,9,18H2,1-2H3. The van der Waals surface area contributed by atoms with Gasteiger partial charge in [0, 0.05) is 22.5 Å². The number of hydrogen-bond donors (Lipinski definition) is 1. The summed E-state index contributed by atoms with van der Waals surface area (Å²) >= 11 is 13.9. The quantitative estimate of drug-likeness (QED) is 0.858. The van der Waals surface area contributed by atoms with E-state index < -0.39 is 0 Å². The molecule has 0 fully saturated rings. The minimum absolute atomic E-state index is 0.138. The molecule has 1 aromatic carbocycles. The SMILES string of the molecule is CC(c1ccccc1Cl)N(C)C(CN)c1ccc(Cl)s1. The lowest BCUT2D eigenvalue weighted by Crippen LogP contribution is -2.32. The Kier molecular flexibility index (Phi) is 5.47. The third kappa shape index (κ3) is 3.35. The normalized spacial score (nSPS) is 14.5. The maximum atomic E-state index is 6.28. The highest BCUT2D eigenvalue weighted by molar-refractivity contribution is 7.16. The van der Waals surface area contributed by atoms with Gasteiger partial charge in [-0.1, -0.05) is 41.4 Å². The number of benzene rings is 1. The summed E-state index contributed by atoms with van der Waals surface area (Å²) < 4.78 is 0.789. The van der Waals surface area contributed by atoms with Gasteiger partial charge < -0.3 is 5.73 Å². The summed E-state index contributed by atoms with van der Waals surface area (Å²) in [5, 5.41) is 0.784. The topological polar surface area (TPSA) is 29.3 Å². The molecule has 0 bridgehead atoms. The molecular formula is C15H18Cl2N2S. The van der Waals surface area contributed by atoms with Crippen LogP contribution in [0.3, 0.4) is 0 Å². The Bertz CT molecular complexity index is 571. The number of hydrogen-bond acceptors (Lipinski definition) is 3. The first-order valence-corrected chi connectivity index (χ1v) is 8.03. The monoisotopic (exact) mass is 328 g/mol. The van der Waals surface area contributed by atoms with Crippen LogP contribution in [0.5, 0.6) is 0 Å². The van der Waals surface area contributed by atoms with Crippen molar-refractivity contribution in [2.75, 3.05) is 13.6 Å². The molecule has 2 atom stereocenters. The van der Waals surface area contributed by atoms with Gasteiger partial charge in [-0.05, 0) is 37.7 Å². The summed E-state index contributed by atoms with van der Waals surface area (Å²) in [5.74, 6) is 0. The molecule has 2 unspecified atom stereocenters. The van der Waals surface area contributed by atoms with E-state index in [9.17, 15) is 0 Å². The van der Waals surface area contributed by atoms with Crippen molar-refractivity contribution in [1.29, 1.82) is 0 Å². The molecule has 2 rings (SSSR count). The Morgan fingerprint density at radius 1 is 1.20 bits per heavy atom. The van der Waals surface area contributed by atoms with E-state index in [1.165, 1.54) is 4.88 Å². The van der Waals surface area contributed by atoms with Crippen molar-refractivity contribution in [2.45, 2.75) is 19.0 Å². The number of likely N-dealkylation sites (N-methyl/N-ethyl adjacent to an activating group) is 1. The van der Waals surface area contributed by atoms with Gasteiger partial charge in [0.25, 0.3) is 0 Å². The third-order valence-electron chi connectivity index (χ3n) is 3.60. The smallest absolute Gasteiger partial charge is 0.0931 e. The van der Waals surface area contributed by atoms with Crippen molar-refractivity contribution in [3.63, 3.8) is 0 Å². The minimum atomic E-state index is 0.138. The molecule has 0 aliphatic carbocycles. The van der Waals surface area contributed by atoms with Gasteiger partial charge in [0.05, 0.1) is 10.4 Å². The fraction of sp³-hybridized carbons (Fsp3) is 0.333. The molecule has 108 valence electrons. The summed E-state index contributed by atoms with van der Waals surface area (Å²) in [6.45, 7) is 2.68. The van der Waals surface area contributed by atoms with Gasteiger partial charge in [-0.25, -0.2) is 0 Å². The van der Waals surface area contributed by atoms with Crippen LogP contribution in [0.4, 0.5) is 0 Å². The molecular weight excluding hydrogens is 311 g/mol. The van der Waals surface area contributed by atoms with Crippen LogP contribution in [0.25, 0.3) is 0 Å². The molecule has 0 aliphatic heterocycles. The van der Waals surface area contributed by atoms with Crippen LogP contribution in [0.1, 0.15) is 29.4 Å². The van der Waals surface area contributed by atoms with E-state index in [1.807, 2.05) is 30.3 Å². The number of nitrogens with two attached hydrogens (primary N) is 1. The molecule has 2 N–H and O–H groups in total. The van der Waals surface area contributed by atoms with Crippen LogP contribution in [0.2, 0.25) is 9.36 Å². The van der Waals surface area contributed by atoms with Gasteiger partial charge in [0.1, 0.15) is 0 Å². The zero-order valence-electron chi connectivity index (χ0n) is 11.5. The van der Waals surface area contributed by atoms with Gasteiger partial charge in [0.2, 0.25) is 0 Å². The fourth-order valence-corrected chi connectivity index (χ4v) is 3.81. The number of halogens is 2. The first-order chi connectivity index (χ1) is 9.54. The van der Waals surface area contributed by atoms with Crippen molar-refractivity contribution < 1.29 is 0 Å². The Balaban J connectivity index is 2.24. The average Bonchev–Trinajstić information content (AvgIpc) is 2.85. The van der Waals surface area contributed by atoms with Crippen LogP contribution >= 0.6 is 34.5 Å². The van der Waals surface area contributed by atoms with Crippen LogP contribution in [0.15, 0.2) is 36.4 Å². The van der Waals surface area contributed by atoms with Crippen molar-refractivity contribution in [3.8, 4) is 0 Å². The summed E-state index contributed by atoms with van der Waals surface area (Å²) in [6, 6.07) is 12.2. The lowest BCUT2D eigenvalue weighted by molar-refractivity contribution is 0.193. The van der Waals surface area contributed by atoms with Crippen molar-refractivity contribution in [1.82, 2.24) is 4.90 Å². The predicted molar refractivity (Wildman–Crippen MR) is 88.8 cm³/mol. The van der Waals surface area contributed by atoms with E-state index >= 15 is 0 Å². The first-order valence-electron chi connectivity index (χ1n) is 6.46. The van der Waals surface area contributed by atoms with E-state index in [-0.39, 0.29) is 12.1 Å². The van der Waals surface area contributed by atoms with E-state index in [2.05, 4.69) is 24.9 Å². The van der Waals surface area contributed by atoms with Gasteiger partial charge in [0.15, 0.2) is 0 Å². The van der Waals surface area contributed by atoms with Gasteiger partial charge in [-0.3, -0.25) is 4.90 Å². The molecule has 2 aromatic rings. The number of rotatable bonds is 5. The molecule has 0 amide bonds. The lowest BCUT2D eigenvalue weighted by atomic mass is 10.0. The van der Waals surface area contributed by atoms with Gasteiger partial charge >= 0.3 is 0 Å². The number of nitrogens with zero attached hydrogens (tertiary/aromatic N) is 1. The van der Waals surface area contributed by atoms with Crippen LogP contribution in [-0.2, 0) is 0 Å². The van der Waals surface area contributed by atoms with Crippen molar-refractivity contribution >= 4 is 34.5 Å². The second-order valence-corrected chi connectivity index (χ2v) is 6.91. The maximum Gasteiger partial charge on any atom is 0.0931 e. The molecule has 5 heteroatoms. The van der Waals surface area contributed by atoms with E-state index in [1.54, 1.807) is 11.3 Å². The molecule has 1 aromatic heterocycles. The Morgan fingerprint density at radius 3 is 2.45 bits per heavy atom. The molecule has 0 aliphatic rings. The summed E-state index contributed by atoms with van der Waals surface area (Å²) in [4.78, 5) is 3.42. The zero-order valence-corrected chi connectivity index (χ0v) is 13.8. The Labute approximate surface area is 134 Å². The average molecular weight is 329 g/mol. The fourth-order valence-electron chi connectivity index (χ4n) is 2.29. The zero-order chi connectivity index (χ0) is 14.7. The molecule has 0 saturated heterocycles. The summed E-state index contributed by atoms with van der Waals surface area (Å²) in [6.07, 6.45) is 0. The highest BCUT2D eigenvalue weighted by Gasteiger charge is 2.23. The molecule has 0 radical (unpaired) electrons. The third-order valence-corrected chi connectivity index (χ3v) is 5.28. The Hall–Kier alpha value is -0.580. The van der Waals surface area contributed by atoms with Crippen molar-refractivity contribution in [3.05, 3.63) is 56.2 Å². The highest BCUT2D eigenvalue weighted by Crippen LogP contribution is 2.35. The molecule has 20 heavy (non-hydrogen) atoms. The van der Waals surface area contributed by atoms with E-state index in [0.717, 1.165) is 14.9 Å². The van der Waals surface area contributed by atoms with E-state index in [0.29, 0.717) is 6.54 Å². The largest absolute Gasteiger partial charge is 0.329 e. The Morgan fingerprint density at radius 2 is 1.90 bits per heavy atom. The van der Waals surface area contributed by atoms with Crippen LogP contribution in [-0.4, -0.2) is 18.5 Å². The van der Waals surface area contributed by atoms with Crippen LogP contribution in [0, 0.1) is 0 Å². The summed E-state index contributed by atoms with van der Waals surface area (Å²) in [5.41, 5.74) is 7.07. The number of thiophene rings is 1. The maximum absolute atomic E-state index is 6.28. The second kappa shape index (κ2) is 6.92. The molecule has 0 saturated carbocycles. The summed E-state index contributed by atoms with van der Waals surface area (Å²) in [7, 11) is 2.07. The van der Waals surface area contributed by atoms with E-state index in [4.69, 9.17) is 28.9 Å². The molecule has 0 spiro atoms. The lowest BCUT2D eigenvalue weighted by Gasteiger charge is -2.32. The van der Waals surface area contributed by atoms with Crippen molar-refractivity contribution in [2.24, 2.45) is 5.73 Å². The minimum Gasteiger partial charge on any atom is -0.329 e. The second-order valence-electron chi connectivity index (χ2n) is 4.76. The predicted octanol–water partition coefficient (Wildman–Crippen LogP) is 4.75. The van der Waals surface area contributed by atoms with Gasteiger partial charge in [-0.15, -0.1) is 11.3 Å². The van der Waals surface area contributed by atoms with Crippen LogP contribution < -0.4 is 5.73 Å². The van der Waals surface area contributed by atoms with Gasteiger partial charge in [-0.2, -0.15) is 0 Å². The molecule has 2 nitrogen and oxygen atoms in total. The first kappa shape index (κ1) is 15.8. The molecule has 1 heterocycles.